The van der Waals surface area contributed by atoms with Crippen molar-refractivity contribution in [3.63, 3.8) is 0 Å². The van der Waals surface area contributed by atoms with Gasteiger partial charge >= 0.3 is 0 Å². The third-order valence-corrected chi connectivity index (χ3v) is 5.57. The number of nitrogens with one attached hydrogen (secondary N) is 1. The Labute approximate surface area is 136 Å². The van der Waals surface area contributed by atoms with Gasteiger partial charge in [-0.1, -0.05) is 6.07 Å². The molecule has 7 heteroatoms. The maximum absolute atomic E-state index is 12.3. The van der Waals surface area contributed by atoms with Gasteiger partial charge in [0.2, 0.25) is 5.91 Å². The van der Waals surface area contributed by atoms with Crippen molar-refractivity contribution in [2.24, 2.45) is 5.73 Å². The molecular weight excluding hydrogens is 318 g/mol. The maximum atomic E-state index is 12.3. The molecule has 1 aliphatic rings. The zero-order chi connectivity index (χ0) is 15.5. The van der Waals surface area contributed by atoms with Crippen LogP contribution in [0.5, 0.6) is 0 Å². The van der Waals surface area contributed by atoms with Gasteiger partial charge in [0.05, 0.1) is 12.1 Å². The molecule has 0 aliphatic carbocycles. The van der Waals surface area contributed by atoms with Crippen LogP contribution in [-0.2, 0) is 4.79 Å². The van der Waals surface area contributed by atoms with Crippen LogP contribution in [0.15, 0.2) is 29.0 Å². The number of anilines is 1. The molecule has 3 rings (SSSR count). The number of carbonyl (C=O) groups is 2. The first-order valence-electron chi connectivity index (χ1n) is 7.10. The lowest BCUT2D eigenvalue weighted by Crippen LogP contribution is -2.32. The number of carbonyl (C=O) groups excluding carboxylic acids is 2. The highest BCUT2D eigenvalue weighted by atomic mass is 32.1. The van der Waals surface area contributed by atoms with Crippen molar-refractivity contribution in [2.45, 2.75) is 18.9 Å². The smallest absolute Gasteiger partial charge is 0.251 e. The third kappa shape index (κ3) is 3.21. The van der Waals surface area contributed by atoms with Gasteiger partial charge in [-0.25, -0.2) is 0 Å². The Balaban J connectivity index is 1.64. The standard InChI is InChI=1S/C15H17N3O2S2/c16-14(20)10-5-8-22-15(10)17-13(19)9-18-6-1-3-11(18)12-4-2-7-21-12/h2,4-5,7-8,11H,1,3,6,9H2,(H2,16,20)(H,17,19)/t11-/m1/s1. The Morgan fingerprint density at radius 1 is 1.32 bits per heavy atom. The van der Waals surface area contributed by atoms with Crippen LogP contribution in [0.2, 0.25) is 0 Å². The summed E-state index contributed by atoms with van der Waals surface area (Å²) in [5.74, 6) is -0.623. The van der Waals surface area contributed by atoms with E-state index in [1.165, 1.54) is 16.2 Å². The summed E-state index contributed by atoms with van der Waals surface area (Å²) in [4.78, 5) is 27.0. The van der Waals surface area contributed by atoms with E-state index >= 15 is 0 Å². The number of rotatable bonds is 5. The summed E-state index contributed by atoms with van der Waals surface area (Å²) in [6.45, 7) is 1.25. The van der Waals surface area contributed by atoms with Crippen LogP contribution in [0.1, 0.15) is 34.1 Å². The lowest BCUT2D eigenvalue weighted by molar-refractivity contribution is -0.117. The summed E-state index contributed by atoms with van der Waals surface area (Å²) in [5.41, 5.74) is 5.66. The summed E-state index contributed by atoms with van der Waals surface area (Å²) >= 11 is 3.04. The van der Waals surface area contributed by atoms with Crippen molar-refractivity contribution in [3.05, 3.63) is 39.4 Å². The van der Waals surface area contributed by atoms with Gasteiger partial charge in [-0.3, -0.25) is 14.5 Å². The first-order valence-corrected chi connectivity index (χ1v) is 8.85. The summed E-state index contributed by atoms with van der Waals surface area (Å²) in [6, 6.07) is 6.12. The largest absolute Gasteiger partial charge is 0.366 e. The molecule has 0 unspecified atom stereocenters. The average Bonchev–Trinajstić information content (AvgIpc) is 3.18. The Bertz CT molecular complexity index is 666. The molecule has 1 fully saturated rings. The minimum atomic E-state index is -0.519. The average molecular weight is 335 g/mol. The number of hydrogen-bond donors (Lipinski definition) is 2. The van der Waals surface area contributed by atoms with Gasteiger partial charge in [0.1, 0.15) is 5.00 Å². The number of nitrogens with two attached hydrogens (primary N) is 1. The molecule has 0 bridgehead atoms. The number of primary amides is 1. The fraction of sp³-hybridized carbons (Fsp3) is 0.333. The minimum Gasteiger partial charge on any atom is -0.366 e. The van der Waals surface area contributed by atoms with Crippen LogP contribution in [-0.4, -0.2) is 29.8 Å². The van der Waals surface area contributed by atoms with E-state index < -0.39 is 5.91 Å². The highest BCUT2D eigenvalue weighted by Gasteiger charge is 2.28. The Hall–Kier alpha value is -1.70. The van der Waals surface area contributed by atoms with Crippen molar-refractivity contribution in [2.75, 3.05) is 18.4 Å². The first kappa shape index (κ1) is 15.2. The van der Waals surface area contributed by atoms with Crippen LogP contribution >= 0.6 is 22.7 Å². The molecule has 116 valence electrons. The molecule has 3 heterocycles. The Morgan fingerprint density at radius 3 is 2.91 bits per heavy atom. The van der Waals surface area contributed by atoms with Gasteiger partial charge in [-0.2, -0.15) is 0 Å². The van der Waals surface area contributed by atoms with Crippen LogP contribution in [0.3, 0.4) is 0 Å². The van der Waals surface area contributed by atoms with Crippen molar-refractivity contribution >= 4 is 39.5 Å². The van der Waals surface area contributed by atoms with Crippen LogP contribution in [0, 0.1) is 0 Å². The lowest BCUT2D eigenvalue weighted by Gasteiger charge is -2.22. The van der Waals surface area contributed by atoms with Gasteiger partial charge in [0.15, 0.2) is 0 Å². The molecule has 22 heavy (non-hydrogen) atoms. The minimum absolute atomic E-state index is 0.103. The Morgan fingerprint density at radius 2 is 2.18 bits per heavy atom. The topological polar surface area (TPSA) is 75.4 Å². The zero-order valence-electron chi connectivity index (χ0n) is 12.0. The van der Waals surface area contributed by atoms with Crippen LogP contribution < -0.4 is 11.1 Å². The van der Waals surface area contributed by atoms with Gasteiger partial charge in [0, 0.05) is 10.9 Å². The van der Waals surface area contributed by atoms with E-state index in [-0.39, 0.29) is 5.91 Å². The second kappa shape index (κ2) is 6.60. The summed E-state index contributed by atoms with van der Waals surface area (Å²) in [6.07, 6.45) is 2.18. The second-order valence-corrected chi connectivity index (χ2v) is 7.12. The molecule has 0 spiro atoms. The molecule has 1 aliphatic heterocycles. The van der Waals surface area contributed by atoms with E-state index in [2.05, 4.69) is 21.7 Å². The first-order chi connectivity index (χ1) is 10.6. The van der Waals surface area contributed by atoms with Gasteiger partial charge < -0.3 is 11.1 Å². The molecule has 0 aromatic carbocycles. The number of amides is 2. The maximum Gasteiger partial charge on any atom is 0.251 e. The number of nitrogens with zero attached hydrogens (tertiary/aromatic N) is 1. The SMILES string of the molecule is NC(=O)c1ccsc1NC(=O)CN1CCC[C@@H]1c1cccs1. The number of likely N-dealkylation sites (tertiary alicyclic amines) is 1. The fourth-order valence-corrected chi connectivity index (χ4v) is 4.47. The molecular formula is C15H17N3O2S2. The molecule has 0 radical (unpaired) electrons. The van der Waals surface area contributed by atoms with Crippen LogP contribution in [0.25, 0.3) is 0 Å². The van der Waals surface area contributed by atoms with E-state index in [1.54, 1.807) is 22.8 Å². The fourth-order valence-electron chi connectivity index (χ4n) is 2.77. The van der Waals surface area contributed by atoms with E-state index in [0.29, 0.717) is 23.2 Å². The molecule has 1 atom stereocenters. The summed E-state index contributed by atoms with van der Waals surface area (Å²) in [5, 5.41) is 7.15. The molecule has 2 amide bonds. The molecule has 2 aromatic rings. The van der Waals surface area contributed by atoms with Crippen molar-refractivity contribution < 1.29 is 9.59 Å². The van der Waals surface area contributed by atoms with Crippen LogP contribution in [0.4, 0.5) is 5.00 Å². The molecule has 0 saturated carbocycles. The lowest BCUT2D eigenvalue weighted by atomic mass is 10.2. The molecule has 1 saturated heterocycles. The quantitative estimate of drug-likeness (QED) is 0.882. The van der Waals surface area contributed by atoms with E-state index in [1.807, 2.05) is 6.07 Å². The third-order valence-electron chi connectivity index (χ3n) is 3.77. The van der Waals surface area contributed by atoms with Crippen molar-refractivity contribution in [1.29, 1.82) is 0 Å². The van der Waals surface area contributed by atoms with E-state index in [0.717, 1.165) is 19.4 Å². The van der Waals surface area contributed by atoms with Crippen molar-refractivity contribution in [1.82, 2.24) is 4.90 Å². The Kier molecular flexibility index (Phi) is 4.56. The highest BCUT2D eigenvalue weighted by Crippen LogP contribution is 2.34. The number of hydrogen-bond acceptors (Lipinski definition) is 5. The predicted molar refractivity (Wildman–Crippen MR) is 89.3 cm³/mol. The van der Waals surface area contributed by atoms with Gasteiger partial charge in [-0.05, 0) is 42.3 Å². The summed E-state index contributed by atoms with van der Waals surface area (Å²) < 4.78 is 0. The predicted octanol–water partition coefficient (Wildman–Crippen LogP) is 2.68. The normalized spacial score (nSPS) is 18.5. The van der Waals surface area contributed by atoms with Gasteiger partial charge in [0.25, 0.3) is 5.91 Å². The van der Waals surface area contributed by atoms with E-state index in [4.69, 9.17) is 5.73 Å². The van der Waals surface area contributed by atoms with E-state index in [9.17, 15) is 9.59 Å². The monoisotopic (exact) mass is 335 g/mol. The molecule has 3 N–H and O–H groups in total. The zero-order valence-corrected chi connectivity index (χ0v) is 13.6. The molecule has 2 aromatic heterocycles. The van der Waals surface area contributed by atoms with Gasteiger partial charge in [-0.15, -0.1) is 22.7 Å². The highest BCUT2D eigenvalue weighted by molar-refractivity contribution is 7.14. The summed E-state index contributed by atoms with van der Waals surface area (Å²) in [7, 11) is 0. The molecule has 5 nitrogen and oxygen atoms in total. The van der Waals surface area contributed by atoms with Crippen molar-refractivity contribution in [3.8, 4) is 0 Å². The number of thiophene rings is 2. The second-order valence-electron chi connectivity index (χ2n) is 5.22.